The normalized spacial score (nSPS) is 16.9. The first kappa shape index (κ1) is 22.7. The molecule has 0 aliphatic rings. The van der Waals surface area contributed by atoms with Crippen molar-refractivity contribution in [3.05, 3.63) is 0 Å². The highest BCUT2D eigenvalue weighted by molar-refractivity contribution is 5.84. The summed E-state index contributed by atoms with van der Waals surface area (Å²) in [6.45, 7) is 1.83. The SMILES string of the molecule is CC(C)CNC(=O)C(F)(OC(F)(F)C(F)(F)C(F)(F)F)C(F)(F)F. The number of carbonyl (C=O) groups excluding carboxylic acids is 1. The molecule has 1 unspecified atom stereocenters. The molecule has 144 valence electrons. The van der Waals surface area contributed by atoms with E-state index in [1.54, 1.807) is 0 Å². The Bertz CT molecular complexity index is 457. The minimum Gasteiger partial charge on any atom is -0.351 e. The summed E-state index contributed by atoms with van der Waals surface area (Å²) in [5, 5.41) is 1.12. The molecule has 0 saturated carbocycles. The van der Waals surface area contributed by atoms with Gasteiger partial charge in [0.1, 0.15) is 0 Å². The summed E-state index contributed by atoms with van der Waals surface area (Å²) in [7, 11) is 0. The van der Waals surface area contributed by atoms with E-state index < -0.39 is 48.6 Å². The van der Waals surface area contributed by atoms with Crippen molar-refractivity contribution in [2.75, 3.05) is 6.54 Å². The van der Waals surface area contributed by atoms with Crippen molar-refractivity contribution in [2.24, 2.45) is 5.92 Å². The van der Waals surface area contributed by atoms with Crippen LogP contribution < -0.4 is 5.32 Å². The van der Waals surface area contributed by atoms with Gasteiger partial charge in [0.15, 0.2) is 0 Å². The van der Waals surface area contributed by atoms with Crippen molar-refractivity contribution in [3.8, 4) is 0 Å². The maximum atomic E-state index is 13.6. The molecule has 3 nitrogen and oxygen atoms in total. The second kappa shape index (κ2) is 6.52. The van der Waals surface area contributed by atoms with Gasteiger partial charge in [-0.25, -0.2) is 0 Å². The van der Waals surface area contributed by atoms with Crippen LogP contribution in [0.1, 0.15) is 13.8 Å². The molecule has 0 aromatic rings. The lowest BCUT2D eigenvalue weighted by molar-refractivity contribution is -0.473. The molecule has 0 heterocycles. The van der Waals surface area contributed by atoms with Crippen LogP contribution in [-0.2, 0) is 9.53 Å². The van der Waals surface area contributed by atoms with Crippen molar-refractivity contribution in [3.63, 3.8) is 0 Å². The molecular formula is C10H10F11NO2. The van der Waals surface area contributed by atoms with Crippen LogP contribution in [-0.4, -0.2) is 42.7 Å². The average molecular weight is 385 g/mol. The highest BCUT2D eigenvalue weighted by Crippen LogP contribution is 2.50. The van der Waals surface area contributed by atoms with Crippen LogP contribution in [0.3, 0.4) is 0 Å². The third-order valence-electron chi connectivity index (χ3n) is 2.32. The first-order valence-electron chi connectivity index (χ1n) is 5.86. The Hall–Kier alpha value is -1.34. The number of amides is 1. The molecule has 1 N–H and O–H groups in total. The summed E-state index contributed by atoms with van der Waals surface area (Å²) in [6, 6.07) is 0. The van der Waals surface area contributed by atoms with E-state index in [2.05, 4.69) is 4.74 Å². The fourth-order valence-corrected chi connectivity index (χ4v) is 1.05. The molecule has 0 rings (SSSR count). The lowest BCUT2D eigenvalue weighted by Crippen LogP contribution is -2.63. The maximum absolute atomic E-state index is 13.6. The number of hydrogen-bond donors (Lipinski definition) is 1. The zero-order chi connectivity index (χ0) is 19.8. The summed E-state index contributed by atoms with van der Waals surface area (Å²) >= 11 is 0. The highest BCUT2D eigenvalue weighted by Gasteiger charge is 2.79. The van der Waals surface area contributed by atoms with Gasteiger partial charge in [0, 0.05) is 6.54 Å². The Kier molecular flexibility index (Phi) is 6.15. The molecule has 0 spiro atoms. The molecule has 1 atom stereocenters. The highest BCUT2D eigenvalue weighted by atomic mass is 19.4. The number of hydrogen-bond acceptors (Lipinski definition) is 2. The molecule has 0 saturated heterocycles. The second-order valence-electron chi connectivity index (χ2n) is 4.89. The third-order valence-corrected chi connectivity index (χ3v) is 2.32. The summed E-state index contributed by atoms with van der Waals surface area (Å²) < 4.78 is 139. The lowest BCUT2D eigenvalue weighted by atomic mass is 10.2. The monoisotopic (exact) mass is 385 g/mol. The molecule has 0 bridgehead atoms. The molecule has 0 aliphatic heterocycles. The largest absolute Gasteiger partial charge is 0.462 e. The van der Waals surface area contributed by atoms with Crippen LogP contribution in [0.15, 0.2) is 0 Å². The smallest absolute Gasteiger partial charge is 0.351 e. The Morgan fingerprint density at radius 3 is 1.58 bits per heavy atom. The Balaban J connectivity index is 5.78. The van der Waals surface area contributed by atoms with E-state index >= 15 is 0 Å². The van der Waals surface area contributed by atoms with E-state index in [1.165, 1.54) is 13.8 Å². The molecule has 0 aromatic heterocycles. The quantitative estimate of drug-likeness (QED) is 0.707. The molecule has 24 heavy (non-hydrogen) atoms. The third kappa shape index (κ3) is 4.39. The molecule has 0 fully saturated rings. The number of carbonyl (C=O) groups is 1. The van der Waals surface area contributed by atoms with Crippen molar-refractivity contribution >= 4 is 5.91 Å². The van der Waals surface area contributed by atoms with Gasteiger partial charge in [0.25, 0.3) is 5.91 Å². The average Bonchev–Trinajstić information content (AvgIpc) is 2.31. The fraction of sp³-hybridized carbons (Fsp3) is 0.900. The Labute approximate surface area is 127 Å². The van der Waals surface area contributed by atoms with Crippen LogP contribution in [0, 0.1) is 5.92 Å². The van der Waals surface area contributed by atoms with E-state index in [4.69, 9.17) is 0 Å². The molecule has 1 amide bonds. The van der Waals surface area contributed by atoms with Gasteiger partial charge in [-0.15, -0.1) is 0 Å². The lowest BCUT2D eigenvalue weighted by Gasteiger charge is -2.34. The van der Waals surface area contributed by atoms with Crippen LogP contribution in [0.25, 0.3) is 0 Å². The number of nitrogens with one attached hydrogen (secondary N) is 1. The van der Waals surface area contributed by atoms with E-state index in [-0.39, 0.29) is 0 Å². The van der Waals surface area contributed by atoms with Crippen LogP contribution in [0.2, 0.25) is 0 Å². The van der Waals surface area contributed by atoms with Crippen molar-refractivity contribution < 1.29 is 57.8 Å². The van der Waals surface area contributed by atoms with E-state index in [0.29, 0.717) is 0 Å². The Morgan fingerprint density at radius 1 is 0.875 bits per heavy atom. The molecule has 0 radical (unpaired) electrons. The van der Waals surface area contributed by atoms with Crippen LogP contribution in [0.4, 0.5) is 48.3 Å². The molecule has 0 aromatic carbocycles. The zero-order valence-corrected chi connectivity index (χ0v) is 11.8. The van der Waals surface area contributed by atoms with Crippen LogP contribution in [0.5, 0.6) is 0 Å². The van der Waals surface area contributed by atoms with E-state index in [1.807, 2.05) is 0 Å². The number of halogens is 11. The summed E-state index contributed by atoms with van der Waals surface area (Å²) in [4.78, 5) is 11.1. The standard InChI is InChI=1S/C10H10F11NO2/c1-4(2)3-22-5(23)6(11,8(14,15)16)24-10(20,21)7(12,13)9(17,18)19/h4H,3H2,1-2H3,(H,22,23). The van der Waals surface area contributed by atoms with Crippen LogP contribution >= 0.6 is 0 Å². The van der Waals surface area contributed by atoms with Gasteiger partial charge in [0.2, 0.25) is 0 Å². The first-order chi connectivity index (χ1) is 10.3. The van der Waals surface area contributed by atoms with Crippen molar-refractivity contribution in [2.45, 2.75) is 44.1 Å². The maximum Gasteiger partial charge on any atom is 0.462 e. The van der Waals surface area contributed by atoms with Gasteiger partial charge in [-0.3, -0.25) is 9.53 Å². The van der Waals surface area contributed by atoms with E-state index in [0.717, 1.165) is 5.32 Å². The van der Waals surface area contributed by atoms with E-state index in [9.17, 15) is 53.1 Å². The predicted octanol–water partition coefficient (Wildman–Crippen LogP) is 3.79. The number of rotatable bonds is 6. The zero-order valence-electron chi connectivity index (χ0n) is 11.8. The van der Waals surface area contributed by atoms with Gasteiger partial charge in [-0.2, -0.15) is 48.3 Å². The predicted molar refractivity (Wildman–Crippen MR) is 54.8 cm³/mol. The summed E-state index contributed by atoms with van der Waals surface area (Å²) in [6.07, 6.45) is -20.8. The number of alkyl halides is 11. The summed E-state index contributed by atoms with van der Waals surface area (Å²) in [5.74, 6) is -17.0. The van der Waals surface area contributed by atoms with Gasteiger partial charge >= 0.3 is 30.2 Å². The van der Waals surface area contributed by atoms with Crippen molar-refractivity contribution in [1.29, 1.82) is 0 Å². The second-order valence-corrected chi connectivity index (χ2v) is 4.89. The minimum atomic E-state index is -7.19. The first-order valence-corrected chi connectivity index (χ1v) is 5.86. The molecule has 14 heteroatoms. The Morgan fingerprint density at radius 2 is 1.29 bits per heavy atom. The summed E-state index contributed by atoms with van der Waals surface area (Å²) in [5.41, 5.74) is 0. The van der Waals surface area contributed by atoms with Gasteiger partial charge < -0.3 is 5.32 Å². The topological polar surface area (TPSA) is 38.3 Å². The minimum absolute atomic E-state index is 0.636. The fourth-order valence-electron chi connectivity index (χ4n) is 1.05. The van der Waals surface area contributed by atoms with Gasteiger partial charge in [-0.05, 0) is 5.92 Å². The van der Waals surface area contributed by atoms with Gasteiger partial charge in [0.05, 0.1) is 0 Å². The number of ether oxygens (including phenoxy) is 1. The van der Waals surface area contributed by atoms with Crippen molar-refractivity contribution in [1.82, 2.24) is 5.32 Å². The van der Waals surface area contributed by atoms with Gasteiger partial charge in [-0.1, -0.05) is 13.8 Å². The molecular weight excluding hydrogens is 375 g/mol. The molecule has 0 aliphatic carbocycles.